The molecule has 0 atom stereocenters. The number of carbonyl (C=O) groups excluding carboxylic acids is 1. The van der Waals surface area contributed by atoms with Crippen LogP contribution >= 0.6 is 10.7 Å². The number of benzene rings is 1. The van der Waals surface area contributed by atoms with Crippen molar-refractivity contribution >= 4 is 25.6 Å². The molecule has 100 valence electrons. The van der Waals surface area contributed by atoms with Gasteiger partial charge in [0.05, 0.1) is 11.4 Å². The quantitative estimate of drug-likeness (QED) is 0.798. The van der Waals surface area contributed by atoms with Gasteiger partial charge in [0, 0.05) is 23.3 Å². The second-order valence-corrected chi connectivity index (χ2v) is 6.10. The van der Waals surface area contributed by atoms with Crippen LogP contribution in [0.15, 0.2) is 29.2 Å². The maximum atomic E-state index is 12.1. The van der Waals surface area contributed by atoms with Crippen molar-refractivity contribution in [2.24, 2.45) is 0 Å². The zero-order valence-electron chi connectivity index (χ0n) is 9.31. The number of amides is 1. The molecule has 1 rings (SSSR count). The summed E-state index contributed by atoms with van der Waals surface area (Å²) in [6.07, 6.45) is -2.62. The molecule has 0 aromatic heterocycles. The summed E-state index contributed by atoms with van der Waals surface area (Å²) in [5.74, 6) is -0.617. The molecule has 0 aliphatic rings. The van der Waals surface area contributed by atoms with Crippen LogP contribution in [0.5, 0.6) is 0 Å². The Morgan fingerprint density at radius 3 is 2.22 bits per heavy atom. The molecule has 8 heteroatoms. The van der Waals surface area contributed by atoms with Crippen molar-refractivity contribution in [2.45, 2.75) is 11.3 Å². The minimum Gasteiger partial charge on any atom is -0.336 e. The highest BCUT2D eigenvalue weighted by molar-refractivity contribution is 8.13. The lowest BCUT2D eigenvalue weighted by atomic mass is 10.2. The number of nitrogens with zero attached hydrogens (tertiary/aromatic N) is 1. The van der Waals surface area contributed by atoms with E-state index in [2.05, 4.69) is 0 Å². The van der Waals surface area contributed by atoms with E-state index in [1.54, 1.807) is 0 Å². The molecule has 18 heavy (non-hydrogen) atoms. The largest absolute Gasteiger partial charge is 0.336 e. The fourth-order valence-corrected chi connectivity index (χ4v) is 2.04. The van der Waals surface area contributed by atoms with E-state index in [-0.39, 0.29) is 10.5 Å². The molecule has 0 saturated carbocycles. The summed E-state index contributed by atoms with van der Waals surface area (Å²) in [5, 5.41) is 0. The first-order chi connectivity index (χ1) is 8.21. The van der Waals surface area contributed by atoms with Crippen LogP contribution in [0.2, 0.25) is 0 Å². The lowest BCUT2D eigenvalue weighted by Crippen LogP contribution is -2.31. The van der Waals surface area contributed by atoms with Crippen molar-refractivity contribution in [1.29, 1.82) is 0 Å². The highest BCUT2D eigenvalue weighted by Crippen LogP contribution is 2.16. The molecular formula is C10H10ClF2NO3S. The predicted octanol–water partition coefficient (Wildman–Crippen LogP) is 1.95. The van der Waals surface area contributed by atoms with Crippen LogP contribution in [0.25, 0.3) is 0 Å². The minimum atomic E-state index is -3.86. The number of alkyl halides is 2. The van der Waals surface area contributed by atoms with E-state index in [1.165, 1.54) is 19.2 Å². The molecule has 0 heterocycles. The maximum Gasteiger partial charge on any atom is 0.261 e. The molecule has 1 aromatic carbocycles. The van der Waals surface area contributed by atoms with Gasteiger partial charge < -0.3 is 4.90 Å². The first-order valence-electron chi connectivity index (χ1n) is 4.80. The first-order valence-corrected chi connectivity index (χ1v) is 7.11. The Bertz CT molecular complexity index is 531. The van der Waals surface area contributed by atoms with Gasteiger partial charge in [-0.1, -0.05) is 0 Å². The van der Waals surface area contributed by atoms with Gasteiger partial charge in [0.15, 0.2) is 0 Å². The average molecular weight is 298 g/mol. The lowest BCUT2D eigenvalue weighted by Gasteiger charge is -2.16. The monoisotopic (exact) mass is 297 g/mol. The molecule has 0 aliphatic carbocycles. The topological polar surface area (TPSA) is 54.5 Å². The summed E-state index contributed by atoms with van der Waals surface area (Å²) >= 11 is 0. The van der Waals surface area contributed by atoms with Gasteiger partial charge in [0.2, 0.25) is 0 Å². The second-order valence-electron chi connectivity index (χ2n) is 3.54. The van der Waals surface area contributed by atoms with Crippen molar-refractivity contribution in [3.8, 4) is 0 Å². The number of hydrogen-bond acceptors (Lipinski definition) is 3. The third kappa shape index (κ3) is 3.92. The van der Waals surface area contributed by atoms with Gasteiger partial charge >= 0.3 is 0 Å². The van der Waals surface area contributed by atoms with E-state index in [0.29, 0.717) is 0 Å². The van der Waals surface area contributed by atoms with E-state index < -0.39 is 27.9 Å². The molecule has 1 amide bonds. The Hall–Kier alpha value is -1.21. The van der Waals surface area contributed by atoms with E-state index in [1.807, 2.05) is 0 Å². The Kier molecular flexibility index (Phi) is 4.64. The summed E-state index contributed by atoms with van der Waals surface area (Å²) in [7, 11) is 2.48. The van der Waals surface area contributed by atoms with E-state index in [9.17, 15) is 22.0 Å². The summed E-state index contributed by atoms with van der Waals surface area (Å²) in [6.45, 7) is -0.686. The van der Waals surface area contributed by atoms with Crippen molar-refractivity contribution < 1.29 is 22.0 Å². The average Bonchev–Trinajstić information content (AvgIpc) is 2.26. The van der Waals surface area contributed by atoms with E-state index in [0.717, 1.165) is 17.0 Å². The Morgan fingerprint density at radius 1 is 1.33 bits per heavy atom. The molecule has 0 aliphatic heterocycles. The SMILES string of the molecule is CN(CC(F)F)C(=O)c1ccc(S(=O)(=O)Cl)cc1. The van der Waals surface area contributed by atoms with Crippen LogP contribution in [-0.4, -0.2) is 39.2 Å². The molecule has 0 fully saturated rings. The van der Waals surface area contributed by atoms with Gasteiger partial charge in [-0.15, -0.1) is 0 Å². The van der Waals surface area contributed by atoms with Crippen LogP contribution in [0.4, 0.5) is 8.78 Å². The smallest absolute Gasteiger partial charge is 0.261 e. The summed E-state index contributed by atoms with van der Waals surface area (Å²) in [6, 6.07) is 4.73. The van der Waals surface area contributed by atoms with Gasteiger partial charge in [0.25, 0.3) is 21.4 Å². The van der Waals surface area contributed by atoms with Crippen LogP contribution in [0.3, 0.4) is 0 Å². The first kappa shape index (κ1) is 14.8. The minimum absolute atomic E-state index is 0.113. The molecular weight excluding hydrogens is 288 g/mol. The molecule has 1 aromatic rings. The highest BCUT2D eigenvalue weighted by atomic mass is 35.7. The number of rotatable bonds is 4. The van der Waals surface area contributed by atoms with Crippen LogP contribution in [0.1, 0.15) is 10.4 Å². The Labute approximate surface area is 108 Å². The normalized spacial score (nSPS) is 11.6. The third-order valence-corrected chi connectivity index (χ3v) is 3.51. The predicted molar refractivity (Wildman–Crippen MR) is 62.4 cm³/mol. The van der Waals surface area contributed by atoms with Gasteiger partial charge in [-0.3, -0.25) is 4.79 Å². The van der Waals surface area contributed by atoms with Crippen molar-refractivity contribution in [3.63, 3.8) is 0 Å². The highest BCUT2D eigenvalue weighted by Gasteiger charge is 2.17. The summed E-state index contributed by atoms with van der Waals surface area (Å²) in [4.78, 5) is 12.4. The Balaban J connectivity index is 2.89. The molecule has 0 radical (unpaired) electrons. The summed E-state index contributed by atoms with van der Waals surface area (Å²) < 4.78 is 46.1. The number of carbonyl (C=O) groups is 1. The second kappa shape index (κ2) is 5.62. The maximum absolute atomic E-state index is 12.1. The molecule has 0 saturated heterocycles. The number of halogens is 3. The molecule has 0 spiro atoms. The van der Waals surface area contributed by atoms with Gasteiger partial charge in [-0.25, -0.2) is 17.2 Å². The zero-order chi connectivity index (χ0) is 13.9. The lowest BCUT2D eigenvalue weighted by molar-refractivity contribution is 0.0620. The molecule has 0 bridgehead atoms. The zero-order valence-corrected chi connectivity index (χ0v) is 10.9. The molecule has 0 N–H and O–H groups in total. The van der Waals surface area contributed by atoms with Crippen LogP contribution in [-0.2, 0) is 9.05 Å². The Morgan fingerprint density at radius 2 is 1.83 bits per heavy atom. The third-order valence-electron chi connectivity index (χ3n) is 2.14. The van der Waals surface area contributed by atoms with Crippen molar-refractivity contribution in [2.75, 3.05) is 13.6 Å². The van der Waals surface area contributed by atoms with Gasteiger partial charge in [0.1, 0.15) is 0 Å². The van der Waals surface area contributed by atoms with Crippen LogP contribution in [0, 0.1) is 0 Å². The van der Waals surface area contributed by atoms with E-state index in [4.69, 9.17) is 10.7 Å². The number of hydrogen-bond donors (Lipinski definition) is 0. The molecule has 0 unspecified atom stereocenters. The van der Waals surface area contributed by atoms with E-state index >= 15 is 0 Å². The standard InChI is InChI=1S/C10H10ClF2NO3S/c1-14(6-9(12)13)10(15)7-2-4-8(5-3-7)18(11,16)17/h2-5,9H,6H2,1H3. The van der Waals surface area contributed by atoms with Gasteiger partial charge in [-0.2, -0.15) is 0 Å². The summed E-state index contributed by atoms with van der Waals surface area (Å²) in [5.41, 5.74) is 0.113. The van der Waals surface area contributed by atoms with Crippen LogP contribution < -0.4 is 0 Å². The van der Waals surface area contributed by atoms with Gasteiger partial charge in [-0.05, 0) is 24.3 Å². The van der Waals surface area contributed by atoms with Crippen molar-refractivity contribution in [3.05, 3.63) is 29.8 Å². The fraction of sp³-hybridized carbons (Fsp3) is 0.300. The fourth-order valence-electron chi connectivity index (χ4n) is 1.27. The van der Waals surface area contributed by atoms with Crippen molar-refractivity contribution in [1.82, 2.24) is 4.90 Å². The molecule has 4 nitrogen and oxygen atoms in total.